The predicted molar refractivity (Wildman–Crippen MR) is 60.7 cm³/mol. The van der Waals surface area contributed by atoms with Crippen LogP contribution in [-0.4, -0.2) is 19.8 Å². The third-order valence-electron chi connectivity index (χ3n) is 1.67. The van der Waals surface area contributed by atoms with Crippen LogP contribution in [-0.2, 0) is 4.74 Å². The fourth-order valence-electron chi connectivity index (χ4n) is 1.02. The molecule has 0 saturated carbocycles. The van der Waals surface area contributed by atoms with Gasteiger partial charge in [-0.1, -0.05) is 19.1 Å². The van der Waals surface area contributed by atoms with Gasteiger partial charge in [-0.25, -0.2) is 0 Å². The zero-order valence-electron chi connectivity index (χ0n) is 8.33. The number of ether oxygens (including phenoxy) is 2. The van der Waals surface area contributed by atoms with Gasteiger partial charge in [0.2, 0.25) is 0 Å². The second-order valence-corrected chi connectivity index (χ2v) is 3.75. The van der Waals surface area contributed by atoms with Crippen LogP contribution in [0.15, 0.2) is 28.7 Å². The monoisotopic (exact) mass is 258 g/mol. The zero-order valence-corrected chi connectivity index (χ0v) is 9.92. The summed E-state index contributed by atoms with van der Waals surface area (Å²) in [6.07, 6.45) is 1.05. The van der Waals surface area contributed by atoms with E-state index in [4.69, 9.17) is 9.47 Å². The first-order valence-corrected chi connectivity index (χ1v) is 5.59. The minimum atomic E-state index is 0.600. The van der Waals surface area contributed by atoms with Crippen LogP contribution in [0.2, 0.25) is 0 Å². The Morgan fingerprint density at radius 3 is 2.64 bits per heavy atom. The Morgan fingerprint density at radius 2 is 1.93 bits per heavy atom. The summed E-state index contributed by atoms with van der Waals surface area (Å²) in [5.41, 5.74) is 0. The quantitative estimate of drug-likeness (QED) is 0.730. The molecule has 0 aliphatic carbocycles. The molecule has 0 fully saturated rings. The van der Waals surface area contributed by atoms with Crippen LogP contribution in [0.1, 0.15) is 13.3 Å². The summed E-state index contributed by atoms with van der Waals surface area (Å²) in [5.74, 6) is 0.868. The van der Waals surface area contributed by atoms with E-state index in [1.165, 1.54) is 0 Å². The summed E-state index contributed by atoms with van der Waals surface area (Å²) in [6.45, 7) is 4.14. The van der Waals surface area contributed by atoms with Gasteiger partial charge in [0.15, 0.2) is 0 Å². The van der Waals surface area contributed by atoms with Gasteiger partial charge in [0.1, 0.15) is 12.4 Å². The number of benzene rings is 1. The van der Waals surface area contributed by atoms with E-state index in [9.17, 15) is 0 Å². The molecule has 0 aromatic heterocycles. The number of halogens is 1. The molecule has 2 nitrogen and oxygen atoms in total. The van der Waals surface area contributed by atoms with Gasteiger partial charge in [-0.15, -0.1) is 0 Å². The van der Waals surface area contributed by atoms with E-state index in [0.29, 0.717) is 13.2 Å². The van der Waals surface area contributed by atoms with E-state index in [-0.39, 0.29) is 0 Å². The van der Waals surface area contributed by atoms with Crippen molar-refractivity contribution in [3.05, 3.63) is 28.7 Å². The minimum absolute atomic E-state index is 0.600. The van der Waals surface area contributed by atoms with Crippen LogP contribution in [0.5, 0.6) is 5.75 Å². The lowest BCUT2D eigenvalue weighted by Crippen LogP contribution is -2.07. The Hall–Kier alpha value is -0.540. The second-order valence-electron chi connectivity index (χ2n) is 2.89. The summed E-state index contributed by atoms with van der Waals surface area (Å²) >= 11 is 3.41. The average molecular weight is 259 g/mol. The van der Waals surface area contributed by atoms with Crippen LogP contribution >= 0.6 is 15.9 Å². The van der Waals surface area contributed by atoms with Gasteiger partial charge in [-0.2, -0.15) is 0 Å². The Kier molecular flexibility index (Phi) is 5.64. The van der Waals surface area contributed by atoms with E-state index >= 15 is 0 Å². The number of para-hydroxylation sites is 1. The maximum absolute atomic E-state index is 5.51. The Balaban J connectivity index is 2.21. The normalized spacial score (nSPS) is 10.1. The lowest BCUT2D eigenvalue weighted by molar-refractivity contribution is 0.100. The van der Waals surface area contributed by atoms with Crippen molar-refractivity contribution in [1.82, 2.24) is 0 Å². The summed E-state index contributed by atoms with van der Waals surface area (Å²) in [5, 5.41) is 0. The largest absolute Gasteiger partial charge is 0.490 e. The van der Waals surface area contributed by atoms with Crippen molar-refractivity contribution in [1.29, 1.82) is 0 Å². The molecule has 0 spiro atoms. The van der Waals surface area contributed by atoms with Gasteiger partial charge in [-0.05, 0) is 34.5 Å². The first-order chi connectivity index (χ1) is 6.84. The molecule has 0 aliphatic rings. The highest BCUT2D eigenvalue weighted by molar-refractivity contribution is 9.10. The van der Waals surface area contributed by atoms with Gasteiger partial charge in [0.05, 0.1) is 11.1 Å². The van der Waals surface area contributed by atoms with Crippen LogP contribution < -0.4 is 4.74 Å². The van der Waals surface area contributed by atoms with Gasteiger partial charge in [0.25, 0.3) is 0 Å². The topological polar surface area (TPSA) is 18.5 Å². The van der Waals surface area contributed by atoms with Gasteiger partial charge in [-0.3, -0.25) is 0 Å². The summed E-state index contributed by atoms with van der Waals surface area (Å²) in [6, 6.07) is 7.81. The van der Waals surface area contributed by atoms with Crippen molar-refractivity contribution in [3.8, 4) is 5.75 Å². The predicted octanol–water partition coefficient (Wildman–Crippen LogP) is 3.25. The minimum Gasteiger partial charge on any atom is -0.490 e. The molecule has 14 heavy (non-hydrogen) atoms. The molecule has 0 saturated heterocycles. The lowest BCUT2D eigenvalue weighted by Gasteiger charge is -2.07. The maximum Gasteiger partial charge on any atom is 0.133 e. The lowest BCUT2D eigenvalue weighted by atomic mass is 10.3. The molecule has 1 aromatic rings. The highest BCUT2D eigenvalue weighted by Gasteiger charge is 1.97. The fraction of sp³-hybridized carbons (Fsp3) is 0.455. The van der Waals surface area contributed by atoms with Crippen molar-refractivity contribution < 1.29 is 9.47 Å². The first-order valence-electron chi connectivity index (χ1n) is 4.79. The fourth-order valence-corrected chi connectivity index (χ4v) is 1.42. The summed E-state index contributed by atoms with van der Waals surface area (Å²) < 4.78 is 11.8. The Morgan fingerprint density at radius 1 is 1.14 bits per heavy atom. The molecule has 1 aromatic carbocycles. The van der Waals surface area contributed by atoms with Gasteiger partial charge >= 0.3 is 0 Å². The molecule has 0 N–H and O–H groups in total. The van der Waals surface area contributed by atoms with Gasteiger partial charge in [0, 0.05) is 6.61 Å². The maximum atomic E-state index is 5.51. The SMILES string of the molecule is CCCOCCOc1ccccc1Br. The highest BCUT2D eigenvalue weighted by atomic mass is 79.9. The van der Waals surface area contributed by atoms with Gasteiger partial charge < -0.3 is 9.47 Å². The van der Waals surface area contributed by atoms with E-state index in [1.54, 1.807) is 0 Å². The van der Waals surface area contributed by atoms with Crippen molar-refractivity contribution in [2.75, 3.05) is 19.8 Å². The zero-order chi connectivity index (χ0) is 10.2. The second kappa shape index (κ2) is 6.85. The van der Waals surface area contributed by atoms with Crippen LogP contribution in [0.3, 0.4) is 0 Å². The molecular formula is C11H15BrO2. The molecule has 0 heterocycles. The van der Waals surface area contributed by atoms with E-state index < -0.39 is 0 Å². The standard InChI is InChI=1S/C11H15BrO2/c1-2-7-13-8-9-14-11-6-4-3-5-10(11)12/h3-6H,2,7-9H2,1H3. The molecule has 0 amide bonds. The highest BCUT2D eigenvalue weighted by Crippen LogP contribution is 2.23. The molecular weight excluding hydrogens is 244 g/mol. The van der Waals surface area contributed by atoms with Crippen LogP contribution in [0, 0.1) is 0 Å². The summed E-state index contributed by atoms with van der Waals surface area (Å²) in [7, 11) is 0. The van der Waals surface area contributed by atoms with Crippen LogP contribution in [0.25, 0.3) is 0 Å². The molecule has 0 bridgehead atoms. The number of hydrogen-bond acceptors (Lipinski definition) is 2. The molecule has 3 heteroatoms. The Bertz CT molecular complexity index is 263. The van der Waals surface area contributed by atoms with Crippen molar-refractivity contribution in [2.45, 2.75) is 13.3 Å². The smallest absolute Gasteiger partial charge is 0.133 e. The third-order valence-corrected chi connectivity index (χ3v) is 2.33. The van der Waals surface area contributed by atoms with Crippen molar-refractivity contribution >= 4 is 15.9 Å². The molecule has 0 radical (unpaired) electrons. The average Bonchev–Trinajstić information content (AvgIpc) is 2.20. The molecule has 0 aliphatic heterocycles. The molecule has 0 unspecified atom stereocenters. The van der Waals surface area contributed by atoms with Crippen molar-refractivity contribution in [3.63, 3.8) is 0 Å². The van der Waals surface area contributed by atoms with Crippen molar-refractivity contribution in [2.24, 2.45) is 0 Å². The molecule has 78 valence electrons. The molecule has 1 rings (SSSR count). The first kappa shape index (κ1) is 11.5. The van der Waals surface area contributed by atoms with E-state index in [0.717, 1.165) is 23.2 Å². The van der Waals surface area contributed by atoms with Crippen LogP contribution in [0.4, 0.5) is 0 Å². The Labute approximate surface area is 93.4 Å². The third kappa shape index (κ3) is 4.11. The number of rotatable bonds is 6. The van der Waals surface area contributed by atoms with E-state index in [1.807, 2.05) is 24.3 Å². The number of hydrogen-bond donors (Lipinski definition) is 0. The van der Waals surface area contributed by atoms with E-state index in [2.05, 4.69) is 22.9 Å². The summed E-state index contributed by atoms with van der Waals surface area (Å²) in [4.78, 5) is 0. The molecule has 0 atom stereocenters.